The van der Waals surface area contributed by atoms with Crippen LogP contribution in [0.15, 0.2) is 0 Å². The van der Waals surface area contributed by atoms with Crippen molar-refractivity contribution >= 4 is 5.91 Å². The predicted molar refractivity (Wildman–Crippen MR) is 37.8 cm³/mol. The van der Waals surface area contributed by atoms with Crippen LogP contribution in [0.5, 0.6) is 0 Å². The Kier molecular flexibility index (Phi) is 3.12. The molecule has 0 aromatic rings. The highest BCUT2D eigenvalue weighted by Gasteiger charge is 2.40. The molecule has 0 spiro atoms. The summed E-state index contributed by atoms with van der Waals surface area (Å²) in [4.78, 5) is 10.5. The normalized spacial score (nSPS) is 18.1. The minimum Gasteiger partial charge on any atom is -0.376 e. The fourth-order valence-electron chi connectivity index (χ4n) is 0.704. The molecule has 1 fully saturated rings. The SMILES string of the molecule is NNC(=O)C(F)(F)COC1COC1. The van der Waals surface area contributed by atoms with Crippen molar-refractivity contribution in [1.29, 1.82) is 0 Å². The van der Waals surface area contributed by atoms with E-state index in [1.165, 1.54) is 5.43 Å². The van der Waals surface area contributed by atoms with Gasteiger partial charge in [0.15, 0.2) is 0 Å². The van der Waals surface area contributed by atoms with E-state index in [4.69, 9.17) is 4.74 Å². The molecule has 3 N–H and O–H groups in total. The first-order chi connectivity index (χ1) is 6.06. The Morgan fingerprint density at radius 3 is 2.69 bits per heavy atom. The van der Waals surface area contributed by atoms with Crippen molar-refractivity contribution in [1.82, 2.24) is 5.43 Å². The van der Waals surface area contributed by atoms with E-state index < -0.39 is 18.4 Å². The van der Waals surface area contributed by atoms with Gasteiger partial charge in [0.2, 0.25) is 0 Å². The monoisotopic (exact) mass is 196 g/mol. The zero-order chi connectivity index (χ0) is 9.90. The average molecular weight is 196 g/mol. The van der Waals surface area contributed by atoms with Crippen LogP contribution in [0.4, 0.5) is 8.78 Å². The van der Waals surface area contributed by atoms with Crippen LogP contribution in [0.1, 0.15) is 0 Å². The van der Waals surface area contributed by atoms with Gasteiger partial charge in [-0.15, -0.1) is 0 Å². The van der Waals surface area contributed by atoms with Gasteiger partial charge >= 0.3 is 11.8 Å². The number of carbonyl (C=O) groups is 1. The zero-order valence-electron chi connectivity index (χ0n) is 6.76. The molecule has 13 heavy (non-hydrogen) atoms. The maximum atomic E-state index is 12.7. The van der Waals surface area contributed by atoms with E-state index in [0.717, 1.165) is 0 Å². The van der Waals surface area contributed by atoms with Crippen LogP contribution < -0.4 is 11.3 Å². The largest absolute Gasteiger partial charge is 0.376 e. The van der Waals surface area contributed by atoms with Crippen LogP contribution in [0.2, 0.25) is 0 Å². The third-order valence-corrected chi connectivity index (χ3v) is 1.57. The van der Waals surface area contributed by atoms with Gasteiger partial charge in [0.25, 0.3) is 0 Å². The Morgan fingerprint density at radius 2 is 2.31 bits per heavy atom. The van der Waals surface area contributed by atoms with Crippen molar-refractivity contribution < 1.29 is 23.0 Å². The van der Waals surface area contributed by atoms with E-state index >= 15 is 0 Å². The minimum atomic E-state index is -3.58. The van der Waals surface area contributed by atoms with Crippen molar-refractivity contribution in [3.8, 4) is 0 Å². The lowest BCUT2D eigenvalue weighted by atomic mass is 10.3. The van der Waals surface area contributed by atoms with Crippen LogP contribution in [-0.4, -0.2) is 37.8 Å². The zero-order valence-corrected chi connectivity index (χ0v) is 6.76. The fourth-order valence-corrected chi connectivity index (χ4v) is 0.704. The van der Waals surface area contributed by atoms with Gasteiger partial charge < -0.3 is 9.47 Å². The molecule has 5 nitrogen and oxygen atoms in total. The molecular formula is C6H10F2N2O3. The number of rotatable bonds is 4. The minimum absolute atomic E-state index is 0.292. The number of hydrogen-bond acceptors (Lipinski definition) is 4. The number of nitrogens with one attached hydrogen (secondary N) is 1. The Bertz CT molecular complexity index is 196. The van der Waals surface area contributed by atoms with Gasteiger partial charge in [0.05, 0.1) is 13.2 Å². The molecule has 0 atom stereocenters. The summed E-state index contributed by atoms with van der Waals surface area (Å²) in [6.45, 7) is -0.384. The van der Waals surface area contributed by atoms with Crippen molar-refractivity contribution in [3.63, 3.8) is 0 Å². The summed E-state index contributed by atoms with van der Waals surface area (Å²) >= 11 is 0. The van der Waals surface area contributed by atoms with E-state index in [1.807, 2.05) is 0 Å². The van der Waals surface area contributed by atoms with Gasteiger partial charge in [0.1, 0.15) is 12.7 Å². The summed E-state index contributed by atoms with van der Waals surface area (Å²) < 4.78 is 34.7. The molecule has 0 saturated carbocycles. The summed E-state index contributed by atoms with van der Waals surface area (Å²) in [5.41, 5.74) is 1.36. The highest BCUT2D eigenvalue weighted by Crippen LogP contribution is 2.16. The Morgan fingerprint density at radius 1 is 1.69 bits per heavy atom. The number of halogens is 2. The second kappa shape index (κ2) is 3.95. The lowest BCUT2D eigenvalue weighted by molar-refractivity contribution is -0.181. The van der Waals surface area contributed by atoms with Crippen LogP contribution in [-0.2, 0) is 14.3 Å². The van der Waals surface area contributed by atoms with Crippen LogP contribution in [0.3, 0.4) is 0 Å². The number of hydrogen-bond donors (Lipinski definition) is 2. The van der Waals surface area contributed by atoms with E-state index in [9.17, 15) is 13.6 Å². The molecule has 1 saturated heterocycles. The molecule has 1 aliphatic rings. The third kappa shape index (κ3) is 2.58. The highest BCUT2D eigenvalue weighted by molar-refractivity contribution is 5.82. The predicted octanol–water partition coefficient (Wildman–Crippen LogP) is -0.973. The lowest BCUT2D eigenvalue weighted by Crippen LogP contribution is -2.48. The van der Waals surface area contributed by atoms with Gasteiger partial charge in [-0.1, -0.05) is 0 Å². The van der Waals surface area contributed by atoms with Gasteiger partial charge in [-0.05, 0) is 0 Å². The van der Waals surface area contributed by atoms with Gasteiger partial charge in [0, 0.05) is 0 Å². The average Bonchev–Trinajstić information content (AvgIpc) is 1.99. The summed E-state index contributed by atoms with van der Waals surface area (Å²) in [5, 5.41) is 0. The van der Waals surface area contributed by atoms with Crippen molar-refractivity contribution in [2.24, 2.45) is 5.84 Å². The molecule has 0 aromatic heterocycles. The van der Waals surface area contributed by atoms with Crippen LogP contribution in [0, 0.1) is 0 Å². The Labute approximate surface area is 73.1 Å². The second-order valence-corrected chi connectivity index (χ2v) is 2.65. The first kappa shape index (κ1) is 10.3. The van der Waals surface area contributed by atoms with Gasteiger partial charge in [-0.3, -0.25) is 10.2 Å². The first-order valence-electron chi connectivity index (χ1n) is 3.64. The number of nitrogens with two attached hydrogens (primary N) is 1. The summed E-state index contributed by atoms with van der Waals surface area (Å²) in [7, 11) is 0. The maximum Gasteiger partial charge on any atom is 0.348 e. The second-order valence-electron chi connectivity index (χ2n) is 2.65. The van der Waals surface area contributed by atoms with Crippen LogP contribution in [0.25, 0.3) is 0 Å². The molecule has 0 aromatic carbocycles. The fraction of sp³-hybridized carbons (Fsp3) is 0.833. The topological polar surface area (TPSA) is 73.6 Å². The molecule has 1 amide bonds. The Hall–Kier alpha value is -0.790. The molecule has 1 heterocycles. The van der Waals surface area contributed by atoms with E-state index in [1.54, 1.807) is 0 Å². The van der Waals surface area contributed by atoms with E-state index in [0.29, 0.717) is 13.2 Å². The van der Waals surface area contributed by atoms with Gasteiger partial charge in [-0.25, -0.2) is 5.84 Å². The molecule has 0 aliphatic carbocycles. The molecule has 0 radical (unpaired) electrons. The number of carbonyl (C=O) groups excluding carboxylic acids is 1. The number of alkyl halides is 2. The molecular weight excluding hydrogens is 186 g/mol. The number of ether oxygens (including phenoxy) is 2. The molecule has 7 heteroatoms. The highest BCUT2D eigenvalue weighted by atomic mass is 19.3. The lowest BCUT2D eigenvalue weighted by Gasteiger charge is -2.27. The van der Waals surface area contributed by atoms with E-state index in [-0.39, 0.29) is 6.10 Å². The first-order valence-corrected chi connectivity index (χ1v) is 3.64. The number of amides is 1. The maximum absolute atomic E-state index is 12.7. The van der Waals surface area contributed by atoms with Crippen molar-refractivity contribution in [2.45, 2.75) is 12.0 Å². The molecule has 0 unspecified atom stereocenters. The molecule has 0 bridgehead atoms. The van der Waals surface area contributed by atoms with E-state index in [2.05, 4.69) is 10.6 Å². The smallest absolute Gasteiger partial charge is 0.348 e. The summed E-state index contributed by atoms with van der Waals surface area (Å²) in [5.74, 6) is -0.576. The summed E-state index contributed by atoms with van der Waals surface area (Å²) in [6, 6.07) is 0. The van der Waals surface area contributed by atoms with Crippen molar-refractivity contribution in [3.05, 3.63) is 0 Å². The van der Waals surface area contributed by atoms with Crippen molar-refractivity contribution in [2.75, 3.05) is 19.8 Å². The quantitative estimate of drug-likeness (QED) is 0.344. The standard InChI is InChI=1S/C6H10F2N2O3/c7-6(8,5(11)10-9)3-13-4-1-12-2-4/h4H,1-3,9H2,(H,10,11). The molecule has 76 valence electrons. The van der Waals surface area contributed by atoms with Crippen LogP contribution >= 0.6 is 0 Å². The number of hydrazine groups is 1. The third-order valence-electron chi connectivity index (χ3n) is 1.57. The molecule has 1 aliphatic heterocycles. The van der Waals surface area contributed by atoms with Gasteiger partial charge in [-0.2, -0.15) is 8.78 Å². The molecule has 1 rings (SSSR count). The summed E-state index contributed by atoms with van der Waals surface area (Å²) in [6.07, 6.45) is -0.337. The Balaban J connectivity index is 2.27.